The normalized spacial score (nSPS) is 17.0. The highest BCUT2D eigenvalue weighted by atomic mass is 32.1. The van der Waals surface area contributed by atoms with Gasteiger partial charge in [0.2, 0.25) is 0 Å². The van der Waals surface area contributed by atoms with E-state index in [-0.39, 0.29) is 5.54 Å². The number of hydrogen-bond acceptors (Lipinski definition) is 7. The van der Waals surface area contributed by atoms with Crippen LogP contribution < -0.4 is 11.1 Å². The van der Waals surface area contributed by atoms with Crippen molar-refractivity contribution in [3.63, 3.8) is 0 Å². The van der Waals surface area contributed by atoms with Gasteiger partial charge in [-0.2, -0.15) is 4.37 Å². The van der Waals surface area contributed by atoms with E-state index in [4.69, 9.17) is 5.73 Å². The Morgan fingerprint density at radius 3 is 2.71 bits per heavy atom. The zero-order valence-electron chi connectivity index (χ0n) is 12.6. The molecular formula is C14H21N5S2. The fourth-order valence-electron chi connectivity index (χ4n) is 2.76. The van der Waals surface area contributed by atoms with Crippen LogP contribution >= 0.6 is 22.9 Å². The van der Waals surface area contributed by atoms with E-state index in [0.29, 0.717) is 5.82 Å². The van der Waals surface area contributed by atoms with E-state index in [0.717, 1.165) is 27.8 Å². The minimum Gasteiger partial charge on any atom is -0.382 e. The van der Waals surface area contributed by atoms with Gasteiger partial charge in [-0.3, -0.25) is 0 Å². The van der Waals surface area contributed by atoms with Crippen molar-refractivity contribution in [1.29, 1.82) is 0 Å². The molecule has 2 heterocycles. The van der Waals surface area contributed by atoms with Crippen LogP contribution in [0.4, 0.5) is 10.8 Å². The van der Waals surface area contributed by atoms with Crippen LogP contribution in [0.25, 0.3) is 11.3 Å². The highest BCUT2D eigenvalue weighted by Gasteiger charge is 2.39. The van der Waals surface area contributed by atoms with Gasteiger partial charge in [-0.05, 0) is 51.8 Å². The highest BCUT2D eigenvalue weighted by Crippen LogP contribution is 2.40. The summed E-state index contributed by atoms with van der Waals surface area (Å²) in [7, 11) is 4.32. The number of thiazole rings is 1. The van der Waals surface area contributed by atoms with Crippen LogP contribution in [0.3, 0.4) is 0 Å². The molecule has 7 heteroatoms. The van der Waals surface area contributed by atoms with Crippen LogP contribution in [0, 0.1) is 6.92 Å². The molecule has 0 atom stereocenters. The van der Waals surface area contributed by atoms with Gasteiger partial charge in [-0.15, -0.1) is 11.3 Å². The first-order valence-corrected chi connectivity index (χ1v) is 8.76. The molecular weight excluding hydrogens is 302 g/mol. The summed E-state index contributed by atoms with van der Waals surface area (Å²) in [6.45, 7) is 2.93. The maximum absolute atomic E-state index is 6.04. The number of rotatable bonds is 5. The molecule has 2 aromatic rings. The van der Waals surface area contributed by atoms with Crippen LogP contribution in [0.2, 0.25) is 0 Å². The Hall–Kier alpha value is -1.18. The second-order valence-electron chi connectivity index (χ2n) is 5.85. The molecule has 114 valence electrons. The minimum absolute atomic E-state index is 0.272. The molecule has 0 bridgehead atoms. The summed E-state index contributed by atoms with van der Waals surface area (Å²) in [6.07, 6.45) is 3.79. The van der Waals surface area contributed by atoms with E-state index in [9.17, 15) is 0 Å². The Bertz CT molecular complexity index is 627. The quantitative estimate of drug-likeness (QED) is 0.885. The summed E-state index contributed by atoms with van der Waals surface area (Å²) in [5, 5.41) is 7.69. The Labute approximate surface area is 133 Å². The third-order valence-electron chi connectivity index (χ3n) is 4.40. The number of hydrogen-bond donors (Lipinski definition) is 2. The topological polar surface area (TPSA) is 67.1 Å². The lowest BCUT2D eigenvalue weighted by Crippen LogP contribution is -2.54. The standard InChI is InChI=1S/C14H21N5S2/c1-9-17-10(7-20-9)11-12(15)18-21-13(11)16-8-14(19(2)3)5-4-6-14/h7,16H,4-6,8H2,1-3H3,(H2,15,18). The minimum atomic E-state index is 0.272. The maximum Gasteiger partial charge on any atom is 0.148 e. The van der Waals surface area contributed by atoms with E-state index in [1.54, 1.807) is 11.3 Å². The second-order valence-corrected chi connectivity index (χ2v) is 7.69. The molecule has 5 nitrogen and oxygen atoms in total. The van der Waals surface area contributed by atoms with Gasteiger partial charge in [0.05, 0.1) is 16.3 Å². The van der Waals surface area contributed by atoms with Gasteiger partial charge in [-0.1, -0.05) is 0 Å². The van der Waals surface area contributed by atoms with Gasteiger partial charge in [0.1, 0.15) is 10.8 Å². The van der Waals surface area contributed by atoms with E-state index in [1.165, 1.54) is 30.8 Å². The molecule has 1 fully saturated rings. The Morgan fingerprint density at radius 1 is 1.43 bits per heavy atom. The lowest BCUT2D eigenvalue weighted by molar-refractivity contribution is 0.0740. The molecule has 21 heavy (non-hydrogen) atoms. The van der Waals surface area contributed by atoms with E-state index < -0.39 is 0 Å². The van der Waals surface area contributed by atoms with Gasteiger partial charge >= 0.3 is 0 Å². The molecule has 3 rings (SSSR count). The van der Waals surface area contributed by atoms with E-state index in [2.05, 4.69) is 33.7 Å². The molecule has 0 aromatic carbocycles. The first-order chi connectivity index (χ1) is 10.0. The summed E-state index contributed by atoms with van der Waals surface area (Å²) in [5.74, 6) is 0.570. The number of aromatic nitrogens is 2. The third kappa shape index (κ3) is 2.65. The largest absolute Gasteiger partial charge is 0.382 e. The van der Waals surface area contributed by atoms with Gasteiger partial charge < -0.3 is 16.0 Å². The van der Waals surface area contributed by atoms with Gasteiger partial charge in [0.15, 0.2) is 0 Å². The first kappa shape index (κ1) is 14.7. The molecule has 0 aliphatic heterocycles. The van der Waals surface area contributed by atoms with Crippen molar-refractivity contribution in [1.82, 2.24) is 14.3 Å². The lowest BCUT2D eigenvalue weighted by Gasteiger charge is -2.47. The van der Waals surface area contributed by atoms with E-state index >= 15 is 0 Å². The fourth-order valence-corrected chi connectivity index (χ4v) is 4.08. The van der Waals surface area contributed by atoms with Gasteiger partial charge in [0, 0.05) is 17.5 Å². The molecule has 0 saturated heterocycles. The summed E-state index contributed by atoms with van der Waals surface area (Å²) < 4.78 is 4.30. The molecule has 0 radical (unpaired) electrons. The lowest BCUT2D eigenvalue weighted by atomic mass is 9.75. The average molecular weight is 323 g/mol. The van der Waals surface area contributed by atoms with Crippen LogP contribution in [-0.4, -0.2) is 40.4 Å². The third-order valence-corrected chi connectivity index (χ3v) is 6.00. The van der Waals surface area contributed by atoms with Crippen molar-refractivity contribution in [3.8, 4) is 11.3 Å². The van der Waals surface area contributed by atoms with Crippen LogP contribution in [0.5, 0.6) is 0 Å². The Balaban J connectivity index is 1.81. The predicted molar refractivity (Wildman–Crippen MR) is 91.1 cm³/mol. The second kappa shape index (κ2) is 5.55. The number of likely N-dealkylation sites (N-methyl/N-ethyl adjacent to an activating group) is 1. The predicted octanol–water partition coefficient (Wildman–Crippen LogP) is 3.05. The zero-order valence-corrected chi connectivity index (χ0v) is 14.3. The molecule has 0 spiro atoms. The molecule has 1 aliphatic rings. The van der Waals surface area contributed by atoms with Crippen molar-refractivity contribution < 1.29 is 0 Å². The fraction of sp³-hybridized carbons (Fsp3) is 0.571. The van der Waals surface area contributed by atoms with Crippen molar-refractivity contribution in [3.05, 3.63) is 10.4 Å². The van der Waals surface area contributed by atoms with E-state index in [1.807, 2.05) is 12.3 Å². The van der Waals surface area contributed by atoms with Crippen molar-refractivity contribution >= 4 is 33.7 Å². The summed E-state index contributed by atoms with van der Waals surface area (Å²) in [6, 6.07) is 0. The van der Waals surface area contributed by atoms with Crippen LogP contribution in [-0.2, 0) is 0 Å². The number of nitrogens with zero attached hydrogens (tertiary/aromatic N) is 3. The van der Waals surface area contributed by atoms with Gasteiger partial charge in [-0.25, -0.2) is 4.98 Å². The van der Waals surface area contributed by atoms with Crippen LogP contribution in [0.1, 0.15) is 24.3 Å². The average Bonchev–Trinajstić information content (AvgIpc) is 2.94. The summed E-state index contributed by atoms with van der Waals surface area (Å²) >= 11 is 3.07. The van der Waals surface area contributed by atoms with Crippen molar-refractivity contribution in [2.24, 2.45) is 0 Å². The van der Waals surface area contributed by atoms with Gasteiger partial charge in [0.25, 0.3) is 0 Å². The SMILES string of the molecule is Cc1nc(-c2c(N)nsc2NCC2(N(C)C)CCC2)cs1. The number of nitrogen functional groups attached to an aromatic ring is 1. The molecule has 1 aliphatic carbocycles. The molecule has 3 N–H and O–H groups in total. The smallest absolute Gasteiger partial charge is 0.148 e. The number of aryl methyl sites for hydroxylation is 1. The zero-order chi connectivity index (χ0) is 15.0. The maximum atomic E-state index is 6.04. The summed E-state index contributed by atoms with van der Waals surface area (Å²) in [5.41, 5.74) is 8.20. The summed E-state index contributed by atoms with van der Waals surface area (Å²) in [4.78, 5) is 6.88. The highest BCUT2D eigenvalue weighted by molar-refractivity contribution is 7.11. The Morgan fingerprint density at radius 2 is 2.19 bits per heavy atom. The molecule has 1 saturated carbocycles. The van der Waals surface area contributed by atoms with Crippen LogP contribution in [0.15, 0.2) is 5.38 Å². The molecule has 2 aromatic heterocycles. The molecule has 0 unspecified atom stereocenters. The van der Waals surface area contributed by atoms with Crippen molar-refractivity contribution in [2.75, 3.05) is 31.7 Å². The molecule has 0 amide bonds. The first-order valence-electron chi connectivity index (χ1n) is 7.11. The Kier molecular flexibility index (Phi) is 3.90. The number of nitrogens with one attached hydrogen (secondary N) is 1. The number of nitrogens with two attached hydrogens (primary N) is 1. The monoisotopic (exact) mass is 323 g/mol. The van der Waals surface area contributed by atoms with Crippen molar-refractivity contribution in [2.45, 2.75) is 31.7 Å². The number of anilines is 2.